The third-order valence-electron chi connectivity index (χ3n) is 2.70. The standard InChI is InChI=1S/C14H13BrFNO/c1-9-2-5-13(17-8-9)14(18)6-10-3-4-11(15)7-12(10)16/h2-5,7-8,14,18H,6H2,1H3. The number of pyridine rings is 1. The van der Waals surface area contributed by atoms with Crippen LogP contribution in [0.4, 0.5) is 4.39 Å². The molecule has 0 amide bonds. The number of halogens is 2. The lowest BCUT2D eigenvalue weighted by atomic mass is 10.0. The van der Waals surface area contributed by atoms with Gasteiger partial charge in [0.15, 0.2) is 0 Å². The summed E-state index contributed by atoms with van der Waals surface area (Å²) in [6, 6.07) is 8.45. The van der Waals surface area contributed by atoms with Gasteiger partial charge in [-0.2, -0.15) is 0 Å². The third kappa shape index (κ3) is 3.15. The lowest BCUT2D eigenvalue weighted by molar-refractivity contribution is 0.172. The quantitative estimate of drug-likeness (QED) is 0.940. The van der Waals surface area contributed by atoms with Crippen LogP contribution < -0.4 is 0 Å². The Morgan fingerprint density at radius 3 is 2.72 bits per heavy atom. The number of aryl methyl sites for hydroxylation is 1. The van der Waals surface area contributed by atoms with Gasteiger partial charge in [-0.25, -0.2) is 4.39 Å². The topological polar surface area (TPSA) is 33.1 Å². The van der Waals surface area contributed by atoms with Crippen LogP contribution in [0.1, 0.15) is 22.9 Å². The minimum absolute atomic E-state index is 0.217. The number of hydrogen-bond acceptors (Lipinski definition) is 2. The van der Waals surface area contributed by atoms with Crippen molar-refractivity contribution in [3.8, 4) is 0 Å². The second kappa shape index (κ2) is 5.59. The zero-order valence-electron chi connectivity index (χ0n) is 9.90. The van der Waals surface area contributed by atoms with Gasteiger partial charge in [0.25, 0.3) is 0 Å². The summed E-state index contributed by atoms with van der Waals surface area (Å²) < 4.78 is 14.3. The predicted octanol–water partition coefficient (Wildman–Crippen LogP) is 3.57. The highest BCUT2D eigenvalue weighted by Crippen LogP contribution is 2.21. The molecule has 0 fully saturated rings. The van der Waals surface area contributed by atoms with Crippen molar-refractivity contribution in [3.05, 3.63) is 63.6 Å². The summed E-state index contributed by atoms with van der Waals surface area (Å²) in [7, 11) is 0. The maximum atomic E-state index is 13.6. The zero-order valence-corrected chi connectivity index (χ0v) is 11.5. The molecule has 1 atom stereocenters. The fourth-order valence-electron chi connectivity index (χ4n) is 1.68. The van der Waals surface area contributed by atoms with Crippen molar-refractivity contribution in [1.29, 1.82) is 0 Å². The molecule has 2 nitrogen and oxygen atoms in total. The Balaban J connectivity index is 2.15. The third-order valence-corrected chi connectivity index (χ3v) is 3.20. The molecule has 0 radical (unpaired) electrons. The lowest BCUT2D eigenvalue weighted by Crippen LogP contribution is -2.05. The summed E-state index contributed by atoms with van der Waals surface area (Å²) in [5.74, 6) is -0.324. The summed E-state index contributed by atoms with van der Waals surface area (Å²) in [5, 5.41) is 10.0. The molecule has 1 unspecified atom stereocenters. The highest BCUT2D eigenvalue weighted by molar-refractivity contribution is 9.10. The Labute approximate surface area is 114 Å². The van der Waals surface area contributed by atoms with Gasteiger partial charge in [0.1, 0.15) is 11.9 Å². The van der Waals surface area contributed by atoms with Crippen LogP contribution in [0.5, 0.6) is 0 Å². The van der Waals surface area contributed by atoms with E-state index in [9.17, 15) is 9.50 Å². The first-order chi connectivity index (χ1) is 8.56. The van der Waals surface area contributed by atoms with E-state index in [1.807, 2.05) is 13.0 Å². The maximum Gasteiger partial charge on any atom is 0.127 e. The van der Waals surface area contributed by atoms with Crippen LogP contribution in [0, 0.1) is 12.7 Å². The Morgan fingerprint density at radius 2 is 2.11 bits per heavy atom. The van der Waals surface area contributed by atoms with Gasteiger partial charge < -0.3 is 5.11 Å². The highest BCUT2D eigenvalue weighted by Gasteiger charge is 2.12. The first-order valence-corrected chi connectivity index (χ1v) is 6.40. The molecule has 18 heavy (non-hydrogen) atoms. The van der Waals surface area contributed by atoms with Crippen molar-refractivity contribution in [2.75, 3.05) is 0 Å². The van der Waals surface area contributed by atoms with E-state index < -0.39 is 6.10 Å². The molecule has 94 valence electrons. The Kier molecular flexibility index (Phi) is 4.09. The molecule has 0 spiro atoms. The maximum absolute atomic E-state index is 13.6. The van der Waals surface area contributed by atoms with E-state index in [0.717, 1.165) is 5.56 Å². The van der Waals surface area contributed by atoms with Crippen LogP contribution in [-0.4, -0.2) is 10.1 Å². The van der Waals surface area contributed by atoms with Crippen LogP contribution >= 0.6 is 15.9 Å². The van der Waals surface area contributed by atoms with Gasteiger partial charge in [-0.3, -0.25) is 4.98 Å². The van der Waals surface area contributed by atoms with Crippen molar-refractivity contribution in [3.63, 3.8) is 0 Å². The monoisotopic (exact) mass is 309 g/mol. The van der Waals surface area contributed by atoms with E-state index in [-0.39, 0.29) is 12.2 Å². The second-order valence-electron chi connectivity index (χ2n) is 4.22. The molecule has 4 heteroatoms. The molecule has 0 aliphatic rings. The molecule has 0 bridgehead atoms. The summed E-state index contributed by atoms with van der Waals surface area (Å²) in [6.07, 6.45) is 1.12. The van der Waals surface area contributed by atoms with Gasteiger partial charge in [-0.1, -0.05) is 28.1 Å². The van der Waals surface area contributed by atoms with Crippen LogP contribution in [0.15, 0.2) is 41.0 Å². The lowest BCUT2D eigenvalue weighted by Gasteiger charge is -2.11. The van der Waals surface area contributed by atoms with E-state index in [0.29, 0.717) is 15.7 Å². The van der Waals surface area contributed by atoms with Gasteiger partial charge in [-0.15, -0.1) is 0 Å². The predicted molar refractivity (Wildman–Crippen MR) is 71.7 cm³/mol. The van der Waals surface area contributed by atoms with Crippen molar-refractivity contribution in [1.82, 2.24) is 4.98 Å². The molecule has 0 aliphatic carbocycles. The van der Waals surface area contributed by atoms with E-state index in [1.54, 1.807) is 24.4 Å². The summed E-state index contributed by atoms with van der Waals surface area (Å²) >= 11 is 3.20. The van der Waals surface area contributed by atoms with Gasteiger partial charge in [0, 0.05) is 17.1 Å². The number of aliphatic hydroxyl groups is 1. The number of hydrogen-bond donors (Lipinski definition) is 1. The SMILES string of the molecule is Cc1ccc(C(O)Cc2ccc(Br)cc2F)nc1. The van der Waals surface area contributed by atoms with Crippen LogP contribution in [0.25, 0.3) is 0 Å². The van der Waals surface area contributed by atoms with Gasteiger partial charge >= 0.3 is 0 Å². The fourth-order valence-corrected chi connectivity index (χ4v) is 2.01. The number of rotatable bonds is 3. The van der Waals surface area contributed by atoms with Crippen molar-refractivity contribution >= 4 is 15.9 Å². The fraction of sp³-hybridized carbons (Fsp3) is 0.214. The molecule has 1 heterocycles. The van der Waals surface area contributed by atoms with E-state index >= 15 is 0 Å². The summed E-state index contributed by atoms with van der Waals surface area (Å²) in [6.45, 7) is 1.93. The van der Waals surface area contributed by atoms with E-state index in [2.05, 4.69) is 20.9 Å². The van der Waals surface area contributed by atoms with Gasteiger partial charge in [0.2, 0.25) is 0 Å². The molecule has 1 aromatic heterocycles. The van der Waals surface area contributed by atoms with E-state index in [4.69, 9.17) is 0 Å². The average molecular weight is 310 g/mol. The summed E-state index contributed by atoms with van der Waals surface area (Å²) in [5.41, 5.74) is 2.07. The van der Waals surface area contributed by atoms with Gasteiger partial charge in [-0.05, 0) is 36.2 Å². The number of aliphatic hydroxyl groups excluding tert-OH is 1. The molecular weight excluding hydrogens is 297 g/mol. The molecule has 2 aromatic rings. The molecule has 0 aliphatic heterocycles. The summed E-state index contributed by atoms with van der Waals surface area (Å²) in [4.78, 5) is 4.14. The smallest absolute Gasteiger partial charge is 0.127 e. The second-order valence-corrected chi connectivity index (χ2v) is 5.13. The van der Waals surface area contributed by atoms with Gasteiger partial charge in [0.05, 0.1) is 5.69 Å². The normalized spacial score (nSPS) is 12.4. The molecule has 1 aromatic carbocycles. The van der Waals surface area contributed by atoms with Crippen LogP contribution in [0.2, 0.25) is 0 Å². The number of benzene rings is 1. The minimum Gasteiger partial charge on any atom is -0.386 e. The number of nitrogens with zero attached hydrogens (tertiary/aromatic N) is 1. The molecule has 1 N–H and O–H groups in total. The molecule has 2 rings (SSSR count). The Morgan fingerprint density at radius 1 is 1.33 bits per heavy atom. The minimum atomic E-state index is -0.790. The largest absolute Gasteiger partial charge is 0.386 e. The van der Waals surface area contributed by atoms with Crippen LogP contribution in [0.3, 0.4) is 0 Å². The molecular formula is C14H13BrFNO. The van der Waals surface area contributed by atoms with Crippen molar-refractivity contribution < 1.29 is 9.50 Å². The first-order valence-electron chi connectivity index (χ1n) is 5.61. The Bertz CT molecular complexity index is 542. The average Bonchev–Trinajstić information content (AvgIpc) is 2.33. The molecule has 0 saturated carbocycles. The highest BCUT2D eigenvalue weighted by atomic mass is 79.9. The Hall–Kier alpha value is -1.26. The van der Waals surface area contributed by atoms with Crippen LogP contribution in [-0.2, 0) is 6.42 Å². The van der Waals surface area contributed by atoms with E-state index in [1.165, 1.54) is 6.07 Å². The first kappa shape index (κ1) is 13.2. The molecule has 0 saturated heterocycles. The van der Waals surface area contributed by atoms with Crippen molar-refractivity contribution in [2.45, 2.75) is 19.4 Å². The zero-order chi connectivity index (χ0) is 13.1. The number of aromatic nitrogens is 1. The van der Waals surface area contributed by atoms with Crippen molar-refractivity contribution in [2.24, 2.45) is 0 Å².